The Labute approximate surface area is 122 Å². The van der Waals surface area contributed by atoms with E-state index in [1.165, 1.54) is 0 Å². The Morgan fingerprint density at radius 2 is 1.50 bits per heavy atom. The van der Waals surface area contributed by atoms with E-state index in [4.69, 9.17) is 24.9 Å². The zero-order valence-corrected chi connectivity index (χ0v) is 16.9. The van der Waals surface area contributed by atoms with Gasteiger partial charge in [-0.25, -0.2) is 0 Å². The third-order valence-corrected chi connectivity index (χ3v) is 5.42. The molecule has 110 valence electrons. The molecule has 0 saturated heterocycles. The highest BCUT2D eigenvalue weighted by molar-refractivity contribution is 6.70. The first-order chi connectivity index (χ1) is 8.14. The molecule has 0 rings (SSSR count). The lowest BCUT2D eigenvalue weighted by Crippen LogP contribution is -2.42. The van der Waals surface area contributed by atoms with Gasteiger partial charge in [0.1, 0.15) is 0 Å². The van der Waals surface area contributed by atoms with Gasteiger partial charge in [0.25, 0.3) is 0 Å². The molecule has 0 aliphatic heterocycles. The summed E-state index contributed by atoms with van der Waals surface area (Å²) in [5, 5.41) is 0. The molecular weight excluding hydrogens is 300 g/mol. The van der Waals surface area contributed by atoms with Crippen LogP contribution in [0, 0.1) is 0 Å². The molecule has 0 saturated carbocycles. The maximum Gasteiger partial charge on any atom is 0.187 e. The topological polar surface area (TPSA) is 27.7 Å². The van der Waals surface area contributed by atoms with E-state index in [1.54, 1.807) is 0 Å². The van der Waals surface area contributed by atoms with Crippen molar-refractivity contribution in [2.75, 3.05) is 12.5 Å². The van der Waals surface area contributed by atoms with Crippen molar-refractivity contribution in [3.8, 4) is 0 Å². The van der Waals surface area contributed by atoms with Crippen LogP contribution in [0.1, 0.15) is 6.42 Å². The van der Waals surface area contributed by atoms with Crippen molar-refractivity contribution in [2.45, 2.75) is 58.0 Å². The van der Waals surface area contributed by atoms with Gasteiger partial charge in [0.2, 0.25) is 0 Å². The van der Waals surface area contributed by atoms with Crippen LogP contribution in [-0.2, 0) is 13.3 Å². The van der Waals surface area contributed by atoms with Crippen LogP contribution in [0.4, 0.5) is 0 Å². The van der Waals surface area contributed by atoms with E-state index < -0.39 is 26.4 Å². The second-order valence-corrected chi connectivity index (χ2v) is 17.2. The van der Waals surface area contributed by atoms with Gasteiger partial charge in [-0.05, 0) is 51.7 Å². The van der Waals surface area contributed by atoms with E-state index in [-0.39, 0.29) is 6.29 Å². The molecule has 0 spiro atoms. The molecule has 3 nitrogen and oxygen atoms in total. The molecule has 0 aromatic heterocycles. The van der Waals surface area contributed by atoms with Crippen LogP contribution in [0.25, 0.3) is 0 Å². The van der Waals surface area contributed by atoms with Crippen molar-refractivity contribution >= 4 is 38.0 Å². The number of hydrogen-bond acceptors (Lipinski definition) is 3. The summed E-state index contributed by atoms with van der Waals surface area (Å²) in [6.07, 6.45) is 0.884. The van der Waals surface area contributed by atoms with Gasteiger partial charge in [-0.15, -0.1) is 11.6 Å². The van der Waals surface area contributed by atoms with E-state index in [0.29, 0.717) is 6.61 Å². The molecule has 0 fully saturated rings. The first-order valence-electron chi connectivity index (χ1n) is 6.63. The maximum absolute atomic E-state index is 6.04. The fourth-order valence-electron chi connectivity index (χ4n) is 1.36. The minimum absolute atomic E-state index is 0.174. The van der Waals surface area contributed by atoms with Gasteiger partial charge < -0.3 is 13.3 Å². The molecule has 18 heavy (non-hydrogen) atoms. The van der Waals surface area contributed by atoms with Gasteiger partial charge >= 0.3 is 0 Å². The zero-order chi connectivity index (χ0) is 14.2. The Morgan fingerprint density at radius 1 is 1.00 bits per heavy atom. The Kier molecular flexibility index (Phi) is 9.29. The van der Waals surface area contributed by atoms with Gasteiger partial charge in [-0.2, -0.15) is 0 Å². The lowest BCUT2D eigenvalue weighted by molar-refractivity contribution is -0.0390. The third kappa shape index (κ3) is 13.3. The molecule has 7 heteroatoms. The van der Waals surface area contributed by atoms with E-state index >= 15 is 0 Å². The molecule has 0 amide bonds. The summed E-state index contributed by atoms with van der Waals surface area (Å²) < 4.78 is 17.9. The van der Waals surface area contributed by atoms with Crippen molar-refractivity contribution in [3.63, 3.8) is 0 Å². The van der Waals surface area contributed by atoms with Crippen LogP contribution >= 0.6 is 11.6 Å². The van der Waals surface area contributed by atoms with E-state index in [1.807, 2.05) is 0 Å². The van der Waals surface area contributed by atoms with Crippen LogP contribution in [-0.4, -0.2) is 45.2 Å². The summed E-state index contributed by atoms with van der Waals surface area (Å²) in [7, 11) is -3.63. The van der Waals surface area contributed by atoms with Gasteiger partial charge in [-0.1, -0.05) is 0 Å². The average Bonchev–Trinajstić information content (AvgIpc) is 2.12. The zero-order valence-electron chi connectivity index (χ0n) is 12.7. The van der Waals surface area contributed by atoms with E-state index in [0.717, 1.165) is 18.3 Å². The summed E-state index contributed by atoms with van der Waals surface area (Å²) in [6, 6.07) is 1.14. The first-order valence-corrected chi connectivity index (χ1v) is 15.6. The van der Waals surface area contributed by atoms with Crippen LogP contribution < -0.4 is 0 Å². The quantitative estimate of drug-likeness (QED) is 0.267. The van der Waals surface area contributed by atoms with Crippen molar-refractivity contribution in [2.24, 2.45) is 0 Å². The second-order valence-electron chi connectivity index (χ2n) is 6.36. The Morgan fingerprint density at radius 3 is 1.89 bits per heavy atom. The standard InChI is InChI=1S/C11H29ClO3Si3/c1-17(2,3)14-11(15-18(4,5)6)10-13-16-9-7-8-12/h11H,7-10,16H2,1-6H3. The van der Waals surface area contributed by atoms with Gasteiger partial charge in [-0.3, -0.25) is 0 Å². The largest absolute Gasteiger partial charge is 0.419 e. The fourth-order valence-corrected chi connectivity index (χ4v) is 4.79. The van der Waals surface area contributed by atoms with E-state index in [9.17, 15) is 0 Å². The third-order valence-electron chi connectivity index (χ3n) is 1.90. The number of alkyl halides is 1. The summed E-state index contributed by atoms with van der Waals surface area (Å²) in [6.45, 7) is 13.7. The smallest absolute Gasteiger partial charge is 0.187 e. The predicted molar refractivity (Wildman–Crippen MR) is 87.3 cm³/mol. The van der Waals surface area contributed by atoms with Crippen molar-refractivity contribution in [1.82, 2.24) is 0 Å². The molecule has 0 unspecified atom stereocenters. The molecular formula is C11H29ClO3Si3. The molecule has 0 atom stereocenters. The molecule has 0 N–H and O–H groups in total. The lowest BCUT2D eigenvalue weighted by Gasteiger charge is -2.31. The van der Waals surface area contributed by atoms with Crippen LogP contribution in [0.3, 0.4) is 0 Å². The highest BCUT2D eigenvalue weighted by atomic mass is 35.5. The number of hydrogen-bond donors (Lipinski definition) is 0. The van der Waals surface area contributed by atoms with Crippen molar-refractivity contribution in [1.29, 1.82) is 0 Å². The molecule has 0 aromatic carbocycles. The monoisotopic (exact) mass is 328 g/mol. The molecule has 0 radical (unpaired) electrons. The molecule has 0 aliphatic carbocycles. The predicted octanol–water partition coefficient (Wildman–Crippen LogP) is 3.16. The molecule has 0 bridgehead atoms. The molecule has 0 heterocycles. The summed E-state index contributed by atoms with van der Waals surface area (Å²) in [5.74, 6) is 0.733. The fraction of sp³-hybridized carbons (Fsp3) is 1.00. The normalized spacial score (nSPS) is 14.0. The Bertz CT molecular complexity index is 201. The summed E-state index contributed by atoms with van der Waals surface area (Å²) in [4.78, 5) is 0. The van der Waals surface area contributed by atoms with Crippen molar-refractivity contribution < 1.29 is 13.3 Å². The SMILES string of the molecule is C[Si](C)(C)OC(CO[SiH2]CCCCl)O[Si](C)(C)C. The van der Waals surface area contributed by atoms with Crippen LogP contribution in [0.15, 0.2) is 0 Å². The maximum atomic E-state index is 6.04. The van der Waals surface area contributed by atoms with Gasteiger partial charge in [0.05, 0.1) is 6.61 Å². The Hall–Kier alpha value is 0.821. The van der Waals surface area contributed by atoms with Crippen molar-refractivity contribution in [3.05, 3.63) is 0 Å². The minimum atomic E-state index is -1.58. The van der Waals surface area contributed by atoms with Crippen LogP contribution in [0.2, 0.25) is 45.3 Å². The minimum Gasteiger partial charge on any atom is -0.419 e. The number of halogens is 1. The van der Waals surface area contributed by atoms with Gasteiger partial charge in [0, 0.05) is 5.88 Å². The average molecular weight is 329 g/mol. The molecule has 0 aromatic rings. The second kappa shape index (κ2) is 8.89. The summed E-state index contributed by atoms with van der Waals surface area (Å²) >= 11 is 5.65. The van der Waals surface area contributed by atoms with Crippen LogP contribution in [0.5, 0.6) is 0 Å². The highest BCUT2D eigenvalue weighted by Crippen LogP contribution is 2.14. The number of rotatable bonds is 10. The lowest BCUT2D eigenvalue weighted by atomic mass is 10.6. The first kappa shape index (κ1) is 18.8. The van der Waals surface area contributed by atoms with E-state index in [2.05, 4.69) is 39.3 Å². The Balaban J connectivity index is 4.06. The van der Waals surface area contributed by atoms with Gasteiger partial charge in [0.15, 0.2) is 32.7 Å². The molecule has 0 aliphatic rings. The summed E-state index contributed by atoms with van der Waals surface area (Å²) in [5.41, 5.74) is 0. The highest BCUT2D eigenvalue weighted by Gasteiger charge is 2.26.